The first-order chi connectivity index (χ1) is 6.11. The Balaban J connectivity index is 2.12. The van der Waals surface area contributed by atoms with Crippen LogP contribution in [-0.4, -0.2) is 10.7 Å². The van der Waals surface area contributed by atoms with E-state index in [1.807, 2.05) is 0 Å². The second-order valence-corrected chi connectivity index (χ2v) is 4.13. The summed E-state index contributed by atoms with van der Waals surface area (Å²) in [7, 11) is 0. The highest BCUT2D eigenvalue weighted by Crippen LogP contribution is 2.34. The van der Waals surface area contributed by atoms with E-state index in [1.165, 1.54) is 5.56 Å². The molecule has 1 fully saturated rings. The van der Waals surface area contributed by atoms with Gasteiger partial charge in [0.25, 0.3) is 0 Å². The molecule has 1 aromatic carbocycles. The second kappa shape index (κ2) is 2.82. The Morgan fingerprint density at radius 2 is 1.77 bits per heavy atom. The summed E-state index contributed by atoms with van der Waals surface area (Å²) in [4.78, 5) is 0. The Morgan fingerprint density at radius 1 is 1.23 bits per heavy atom. The van der Waals surface area contributed by atoms with Gasteiger partial charge in [-0.2, -0.15) is 0 Å². The average Bonchev–Trinajstić information content (AvgIpc) is 2.76. The van der Waals surface area contributed by atoms with E-state index in [0.717, 1.165) is 0 Å². The van der Waals surface area contributed by atoms with Crippen molar-refractivity contribution in [1.82, 2.24) is 10.4 Å². The van der Waals surface area contributed by atoms with Crippen LogP contribution in [0.1, 0.15) is 32.4 Å². The molecule has 0 radical (unpaired) electrons. The SMILES string of the molecule is CC(c1ccccc1)N1NC1(C)C. The van der Waals surface area contributed by atoms with E-state index >= 15 is 0 Å². The Bertz CT molecular complexity index is 292. The third-order valence-corrected chi connectivity index (χ3v) is 2.62. The zero-order valence-corrected chi connectivity index (χ0v) is 8.41. The van der Waals surface area contributed by atoms with E-state index in [9.17, 15) is 0 Å². The molecule has 1 heterocycles. The highest BCUT2D eigenvalue weighted by molar-refractivity contribution is 5.20. The smallest absolute Gasteiger partial charge is 0.0925 e. The van der Waals surface area contributed by atoms with Crippen molar-refractivity contribution in [1.29, 1.82) is 0 Å². The summed E-state index contributed by atoms with van der Waals surface area (Å²) < 4.78 is 0. The highest BCUT2D eigenvalue weighted by atomic mass is 15.8. The van der Waals surface area contributed by atoms with Crippen molar-refractivity contribution in [2.75, 3.05) is 0 Å². The summed E-state index contributed by atoms with van der Waals surface area (Å²) in [5.74, 6) is 0. The molecule has 2 heteroatoms. The van der Waals surface area contributed by atoms with Crippen LogP contribution in [0.25, 0.3) is 0 Å². The number of benzene rings is 1. The summed E-state index contributed by atoms with van der Waals surface area (Å²) in [6.45, 7) is 6.59. The van der Waals surface area contributed by atoms with Crippen molar-refractivity contribution < 1.29 is 0 Å². The minimum absolute atomic E-state index is 0.176. The van der Waals surface area contributed by atoms with Crippen molar-refractivity contribution in [3.63, 3.8) is 0 Å². The molecule has 1 saturated heterocycles. The maximum Gasteiger partial charge on any atom is 0.0925 e. The predicted octanol–water partition coefficient (Wildman–Crippen LogP) is 2.30. The first-order valence-corrected chi connectivity index (χ1v) is 4.73. The number of nitrogens with one attached hydrogen (secondary N) is 1. The molecule has 2 nitrogen and oxygen atoms in total. The fraction of sp³-hybridized carbons (Fsp3) is 0.455. The van der Waals surface area contributed by atoms with Gasteiger partial charge in [0.2, 0.25) is 0 Å². The molecular formula is C11H16N2. The van der Waals surface area contributed by atoms with Crippen molar-refractivity contribution in [3.8, 4) is 0 Å². The van der Waals surface area contributed by atoms with Crippen molar-refractivity contribution in [2.24, 2.45) is 0 Å². The Labute approximate surface area is 79.5 Å². The molecule has 0 amide bonds. The molecule has 2 rings (SSSR count). The molecule has 70 valence electrons. The average molecular weight is 176 g/mol. The van der Waals surface area contributed by atoms with Crippen LogP contribution in [0.5, 0.6) is 0 Å². The third kappa shape index (κ3) is 1.60. The summed E-state index contributed by atoms with van der Waals surface area (Å²) in [5.41, 5.74) is 4.88. The van der Waals surface area contributed by atoms with E-state index in [-0.39, 0.29) is 5.66 Å². The summed E-state index contributed by atoms with van der Waals surface area (Å²) >= 11 is 0. The molecule has 0 spiro atoms. The maximum absolute atomic E-state index is 3.34. The predicted molar refractivity (Wildman–Crippen MR) is 53.9 cm³/mol. The van der Waals surface area contributed by atoms with E-state index in [0.29, 0.717) is 6.04 Å². The van der Waals surface area contributed by atoms with E-state index in [2.05, 4.69) is 61.5 Å². The van der Waals surface area contributed by atoms with Crippen LogP contribution in [0.2, 0.25) is 0 Å². The first kappa shape index (κ1) is 8.73. The molecule has 0 aliphatic carbocycles. The van der Waals surface area contributed by atoms with Gasteiger partial charge in [0.1, 0.15) is 0 Å². The van der Waals surface area contributed by atoms with Crippen LogP contribution >= 0.6 is 0 Å². The van der Waals surface area contributed by atoms with E-state index in [1.54, 1.807) is 0 Å². The lowest BCUT2D eigenvalue weighted by Gasteiger charge is -2.13. The van der Waals surface area contributed by atoms with Gasteiger partial charge in [-0.3, -0.25) is 0 Å². The zero-order chi connectivity index (χ0) is 9.47. The Hall–Kier alpha value is -0.860. The number of rotatable bonds is 2. The van der Waals surface area contributed by atoms with Gasteiger partial charge in [-0.25, -0.2) is 10.4 Å². The summed E-state index contributed by atoms with van der Waals surface area (Å²) in [5, 5.41) is 2.27. The molecule has 0 bridgehead atoms. The van der Waals surface area contributed by atoms with Gasteiger partial charge in [0, 0.05) is 6.04 Å². The molecule has 2 atom stereocenters. The van der Waals surface area contributed by atoms with E-state index in [4.69, 9.17) is 0 Å². The van der Waals surface area contributed by atoms with Crippen molar-refractivity contribution in [3.05, 3.63) is 35.9 Å². The van der Waals surface area contributed by atoms with Crippen LogP contribution in [0.3, 0.4) is 0 Å². The van der Waals surface area contributed by atoms with Crippen LogP contribution in [0, 0.1) is 0 Å². The monoisotopic (exact) mass is 176 g/mol. The molecule has 0 aromatic heterocycles. The highest BCUT2D eigenvalue weighted by Gasteiger charge is 2.45. The van der Waals surface area contributed by atoms with Gasteiger partial charge in [-0.05, 0) is 26.3 Å². The fourth-order valence-electron chi connectivity index (χ4n) is 1.73. The molecule has 2 unspecified atom stereocenters. The van der Waals surface area contributed by atoms with Crippen LogP contribution in [0.4, 0.5) is 0 Å². The number of nitrogens with zero attached hydrogens (tertiary/aromatic N) is 1. The normalized spacial score (nSPS) is 26.8. The number of hydrogen-bond acceptors (Lipinski definition) is 2. The summed E-state index contributed by atoms with van der Waals surface area (Å²) in [6.07, 6.45) is 0. The summed E-state index contributed by atoms with van der Waals surface area (Å²) in [6, 6.07) is 11.0. The van der Waals surface area contributed by atoms with Gasteiger partial charge >= 0.3 is 0 Å². The van der Waals surface area contributed by atoms with Crippen LogP contribution in [-0.2, 0) is 0 Å². The molecule has 1 aromatic rings. The zero-order valence-electron chi connectivity index (χ0n) is 8.41. The van der Waals surface area contributed by atoms with Crippen LogP contribution in [0.15, 0.2) is 30.3 Å². The minimum atomic E-state index is 0.176. The molecule has 13 heavy (non-hydrogen) atoms. The second-order valence-electron chi connectivity index (χ2n) is 4.13. The fourth-order valence-corrected chi connectivity index (χ4v) is 1.73. The molecule has 1 aliphatic heterocycles. The first-order valence-electron chi connectivity index (χ1n) is 4.73. The minimum Gasteiger partial charge on any atom is -0.232 e. The molecule has 0 saturated carbocycles. The Kier molecular flexibility index (Phi) is 1.90. The van der Waals surface area contributed by atoms with Crippen molar-refractivity contribution in [2.45, 2.75) is 32.5 Å². The number of hydrogen-bond donors (Lipinski definition) is 1. The maximum atomic E-state index is 3.34. The molecule has 1 N–H and O–H groups in total. The van der Waals surface area contributed by atoms with Gasteiger partial charge in [-0.15, -0.1) is 0 Å². The topological polar surface area (TPSA) is 25.0 Å². The standard InChI is InChI=1S/C11H16N2/c1-9(13-11(2,3)12-13)10-7-5-4-6-8-10/h4-9,12H,1-3H3. The van der Waals surface area contributed by atoms with E-state index < -0.39 is 0 Å². The molecular weight excluding hydrogens is 160 g/mol. The van der Waals surface area contributed by atoms with Crippen molar-refractivity contribution >= 4 is 0 Å². The quantitative estimate of drug-likeness (QED) is 0.699. The number of hydrazine groups is 1. The lowest BCUT2D eigenvalue weighted by atomic mass is 10.1. The molecule has 1 aliphatic rings. The lowest BCUT2D eigenvalue weighted by molar-refractivity contribution is 0.350. The van der Waals surface area contributed by atoms with Gasteiger partial charge in [0.05, 0.1) is 5.66 Å². The largest absolute Gasteiger partial charge is 0.232 e. The third-order valence-electron chi connectivity index (χ3n) is 2.62. The van der Waals surface area contributed by atoms with Crippen LogP contribution < -0.4 is 5.43 Å². The lowest BCUT2D eigenvalue weighted by Crippen LogP contribution is -2.13. The van der Waals surface area contributed by atoms with Gasteiger partial charge < -0.3 is 0 Å². The van der Waals surface area contributed by atoms with Gasteiger partial charge in [0.15, 0.2) is 0 Å². The van der Waals surface area contributed by atoms with Gasteiger partial charge in [-0.1, -0.05) is 30.3 Å². The Morgan fingerprint density at radius 3 is 2.23 bits per heavy atom.